The van der Waals surface area contributed by atoms with Crippen molar-refractivity contribution >= 4 is 34.0 Å². The summed E-state index contributed by atoms with van der Waals surface area (Å²) in [4.78, 5) is 31.5. The Labute approximate surface area is 194 Å². The summed E-state index contributed by atoms with van der Waals surface area (Å²) in [5, 5.41) is 16.1. The molecule has 34 heavy (non-hydrogen) atoms. The van der Waals surface area contributed by atoms with Crippen molar-refractivity contribution in [2.75, 3.05) is 24.4 Å². The number of fused-ring (bicyclic) bond motifs is 2. The molecule has 5 rings (SSSR count). The molecule has 0 spiro atoms. The van der Waals surface area contributed by atoms with Crippen LogP contribution in [0.15, 0.2) is 72.8 Å². The topological polar surface area (TPSA) is 107 Å². The summed E-state index contributed by atoms with van der Waals surface area (Å²) in [6, 6.07) is 21.1. The number of para-hydroxylation sites is 2. The molecular formula is C25H20N4O5. The summed E-state index contributed by atoms with van der Waals surface area (Å²) in [5.74, 6) is 0.552. The van der Waals surface area contributed by atoms with Crippen molar-refractivity contribution in [3.63, 3.8) is 0 Å². The van der Waals surface area contributed by atoms with Gasteiger partial charge in [-0.3, -0.25) is 19.8 Å². The number of methoxy groups -OCH3 is 2. The Morgan fingerprint density at radius 3 is 2.35 bits per heavy atom. The number of nitrogens with zero attached hydrogens (tertiary/aromatic N) is 3. The fourth-order valence-electron chi connectivity index (χ4n) is 4.16. The van der Waals surface area contributed by atoms with E-state index in [4.69, 9.17) is 9.47 Å². The largest absolute Gasteiger partial charge is 0.493 e. The lowest BCUT2D eigenvalue weighted by molar-refractivity contribution is -0.385. The third-order valence-corrected chi connectivity index (χ3v) is 5.76. The van der Waals surface area contributed by atoms with Gasteiger partial charge in [0.05, 0.1) is 41.9 Å². The van der Waals surface area contributed by atoms with E-state index >= 15 is 0 Å². The molecule has 1 unspecified atom stereocenters. The van der Waals surface area contributed by atoms with Gasteiger partial charge < -0.3 is 14.8 Å². The highest BCUT2D eigenvalue weighted by molar-refractivity contribution is 6.13. The van der Waals surface area contributed by atoms with E-state index in [1.807, 2.05) is 30.3 Å². The van der Waals surface area contributed by atoms with Gasteiger partial charge in [-0.15, -0.1) is 0 Å². The molecule has 2 heterocycles. The Morgan fingerprint density at radius 2 is 1.65 bits per heavy atom. The predicted octanol–water partition coefficient (Wildman–Crippen LogP) is 4.93. The second-order valence-corrected chi connectivity index (χ2v) is 7.66. The van der Waals surface area contributed by atoms with Gasteiger partial charge in [0.15, 0.2) is 11.5 Å². The van der Waals surface area contributed by atoms with Crippen molar-refractivity contribution < 1.29 is 19.2 Å². The first-order chi connectivity index (χ1) is 16.5. The molecule has 0 fully saturated rings. The molecule has 0 radical (unpaired) electrons. The van der Waals surface area contributed by atoms with Crippen molar-refractivity contribution in [3.8, 4) is 11.5 Å². The number of hydrogen-bond donors (Lipinski definition) is 1. The zero-order valence-corrected chi connectivity index (χ0v) is 18.4. The monoisotopic (exact) mass is 456 g/mol. The van der Waals surface area contributed by atoms with Gasteiger partial charge in [-0.05, 0) is 30.3 Å². The summed E-state index contributed by atoms with van der Waals surface area (Å²) < 4.78 is 10.7. The molecule has 1 aromatic heterocycles. The van der Waals surface area contributed by atoms with Crippen LogP contribution >= 0.6 is 0 Å². The standard InChI is InChI=1S/C25H20N4O5/c1-33-21-13-17(20(29(31)32)14-22(21)34-2)24-27-23-18(12-15-8-6-7-11-19(15)26-23)25(30)28(24)16-9-4-3-5-10-16/h3-14,24H,1-2H3,(H,26,27). The molecule has 1 aliphatic heterocycles. The number of aromatic nitrogens is 1. The van der Waals surface area contributed by atoms with Crippen molar-refractivity contribution in [1.29, 1.82) is 0 Å². The first-order valence-corrected chi connectivity index (χ1v) is 10.5. The number of benzene rings is 3. The first-order valence-electron chi connectivity index (χ1n) is 10.5. The Morgan fingerprint density at radius 1 is 0.971 bits per heavy atom. The lowest BCUT2D eigenvalue weighted by Crippen LogP contribution is -2.43. The Hall–Kier alpha value is -4.66. The molecule has 170 valence electrons. The molecule has 9 nitrogen and oxygen atoms in total. The maximum atomic E-state index is 13.8. The molecule has 1 amide bonds. The fourth-order valence-corrected chi connectivity index (χ4v) is 4.16. The van der Waals surface area contributed by atoms with Gasteiger partial charge in [-0.25, -0.2) is 4.98 Å². The minimum absolute atomic E-state index is 0.215. The lowest BCUT2D eigenvalue weighted by atomic mass is 10.0. The molecule has 1 N–H and O–H groups in total. The minimum atomic E-state index is -0.920. The second-order valence-electron chi connectivity index (χ2n) is 7.66. The van der Waals surface area contributed by atoms with Crippen LogP contribution in [0, 0.1) is 10.1 Å². The van der Waals surface area contributed by atoms with E-state index in [1.165, 1.54) is 31.3 Å². The molecule has 1 atom stereocenters. The van der Waals surface area contributed by atoms with Crippen LogP contribution in [0.1, 0.15) is 22.1 Å². The number of amides is 1. The number of anilines is 2. The summed E-state index contributed by atoms with van der Waals surface area (Å²) >= 11 is 0. The van der Waals surface area contributed by atoms with E-state index in [0.29, 0.717) is 28.3 Å². The van der Waals surface area contributed by atoms with E-state index in [2.05, 4.69) is 10.3 Å². The number of nitro groups is 1. The van der Waals surface area contributed by atoms with Crippen LogP contribution in [-0.2, 0) is 0 Å². The number of hydrogen-bond acceptors (Lipinski definition) is 7. The SMILES string of the molecule is COc1cc(C2Nc3nc4ccccc4cc3C(=O)N2c2ccccc2)c([N+](=O)[O-])cc1OC. The second kappa shape index (κ2) is 8.36. The van der Waals surface area contributed by atoms with E-state index in [1.54, 1.807) is 30.3 Å². The molecule has 3 aromatic carbocycles. The van der Waals surface area contributed by atoms with Crippen molar-refractivity contribution in [2.24, 2.45) is 0 Å². The summed E-state index contributed by atoms with van der Waals surface area (Å²) in [6.07, 6.45) is -0.920. The maximum absolute atomic E-state index is 13.8. The number of ether oxygens (including phenoxy) is 2. The average molecular weight is 456 g/mol. The smallest absolute Gasteiger partial charge is 0.280 e. The van der Waals surface area contributed by atoms with Crippen LogP contribution in [0.3, 0.4) is 0 Å². The number of nitrogens with one attached hydrogen (secondary N) is 1. The molecule has 9 heteroatoms. The molecule has 4 aromatic rings. The van der Waals surface area contributed by atoms with Crippen molar-refractivity contribution in [2.45, 2.75) is 6.17 Å². The summed E-state index contributed by atoms with van der Waals surface area (Å²) in [7, 11) is 2.86. The van der Waals surface area contributed by atoms with Crippen LogP contribution < -0.4 is 19.7 Å². The zero-order chi connectivity index (χ0) is 23.8. The summed E-state index contributed by atoms with van der Waals surface area (Å²) in [5.41, 5.74) is 1.68. The highest BCUT2D eigenvalue weighted by atomic mass is 16.6. The third-order valence-electron chi connectivity index (χ3n) is 5.76. The molecule has 0 bridgehead atoms. The lowest BCUT2D eigenvalue weighted by Gasteiger charge is -2.37. The number of carbonyl (C=O) groups excluding carboxylic acids is 1. The van der Waals surface area contributed by atoms with E-state index < -0.39 is 11.1 Å². The molecule has 0 saturated heterocycles. The van der Waals surface area contributed by atoms with Gasteiger partial charge in [0.2, 0.25) is 0 Å². The number of rotatable bonds is 5. The average Bonchev–Trinajstić information content (AvgIpc) is 2.87. The quantitative estimate of drug-likeness (QED) is 0.335. The highest BCUT2D eigenvalue weighted by Gasteiger charge is 2.39. The Bertz CT molecular complexity index is 1420. The highest BCUT2D eigenvalue weighted by Crippen LogP contribution is 2.43. The van der Waals surface area contributed by atoms with Gasteiger partial charge in [-0.2, -0.15) is 0 Å². The molecule has 0 saturated carbocycles. The molecule has 0 aliphatic carbocycles. The van der Waals surface area contributed by atoms with Crippen molar-refractivity contribution in [1.82, 2.24) is 4.98 Å². The first kappa shape index (κ1) is 21.2. The molecule has 1 aliphatic rings. The van der Waals surface area contributed by atoms with Crippen LogP contribution in [0.2, 0.25) is 0 Å². The Balaban J connectivity index is 1.76. The van der Waals surface area contributed by atoms with Crippen LogP contribution in [-0.4, -0.2) is 30.0 Å². The van der Waals surface area contributed by atoms with Gasteiger partial charge >= 0.3 is 0 Å². The fraction of sp³-hybridized carbons (Fsp3) is 0.120. The van der Waals surface area contributed by atoms with Crippen LogP contribution in [0.25, 0.3) is 10.9 Å². The van der Waals surface area contributed by atoms with E-state index in [0.717, 1.165) is 5.39 Å². The van der Waals surface area contributed by atoms with Gasteiger partial charge in [0.25, 0.3) is 11.6 Å². The third kappa shape index (κ3) is 3.43. The number of carbonyl (C=O) groups is 1. The van der Waals surface area contributed by atoms with Gasteiger partial charge in [0.1, 0.15) is 12.0 Å². The normalized spacial score (nSPS) is 14.9. The van der Waals surface area contributed by atoms with E-state index in [-0.39, 0.29) is 22.9 Å². The summed E-state index contributed by atoms with van der Waals surface area (Å²) in [6.45, 7) is 0. The zero-order valence-electron chi connectivity index (χ0n) is 18.4. The van der Waals surface area contributed by atoms with Crippen LogP contribution in [0.4, 0.5) is 17.2 Å². The number of pyridine rings is 1. The predicted molar refractivity (Wildman–Crippen MR) is 128 cm³/mol. The van der Waals surface area contributed by atoms with Crippen molar-refractivity contribution in [3.05, 3.63) is 94.0 Å². The van der Waals surface area contributed by atoms with Crippen LogP contribution in [0.5, 0.6) is 11.5 Å². The minimum Gasteiger partial charge on any atom is -0.493 e. The van der Waals surface area contributed by atoms with E-state index in [9.17, 15) is 14.9 Å². The number of nitro benzene ring substituents is 1. The van der Waals surface area contributed by atoms with Gasteiger partial charge in [-0.1, -0.05) is 36.4 Å². The van der Waals surface area contributed by atoms with Gasteiger partial charge in [0, 0.05) is 11.1 Å². The Kier molecular flexibility index (Phi) is 5.21. The molecular weight excluding hydrogens is 436 g/mol. The maximum Gasteiger partial charge on any atom is 0.280 e.